The maximum absolute atomic E-state index is 12.9. The Bertz CT molecular complexity index is 710. The molecule has 114 valence electrons. The molecular weight excluding hydrogens is 295 g/mol. The summed E-state index contributed by atoms with van der Waals surface area (Å²) < 4.78 is 43.8. The Morgan fingerprint density at radius 3 is 2.48 bits per heavy atom. The molecule has 0 saturated heterocycles. The van der Waals surface area contributed by atoms with Gasteiger partial charge in [-0.05, 0) is 31.5 Å². The lowest BCUT2D eigenvalue weighted by Crippen LogP contribution is -2.30. The summed E-state index contributed by atoms with van der Waals surface area (Å²) in [7, 11) is -2.06. The van der Waals surface area contributed by atoms with Gasteiger partial charge >= 0.3 is 0 Å². The number of sulfonamides is 1. The van der Waals surface area contributed by atoms with Crippen LogP contribution in [0.4, 0.5) is 4.39 Å². The third kappa shape index (κ3) is 3.68. The first-order valence-electron chi connectivity index (χ1n) is 6.43. The molecule has 21 heavy (non-hydrogen) atoms. The SMILES string of the molecule is Cc1cc(CS(=O)(=O)N(C)[C@@H](C)c2ccc(F)cc2)on1. The average Bonchev–Trinajstić information content (AvgIpc) is 2.82. The van der Waals surface area contributed by atoms with E-state index in [4.69, 9.17) is 4.52 Å². The maximum Gasteiger partial charge on any atom is 0.221 e. The normalized spacial score (nSPS) is 13.6. The molecule has 1 atom stereocenters. The van der Waals surface area contributed by atoms with Crippen molar-refractivity contribution in [1.29, 1.82) is 0 Å². The fourth-order valence-corrected chi connectivity index (χ4v) is 3.26. The molecule has 0 aliphatic heterocycles. The molecule has 1 heterocycles. The molecular formula is C14H17FN2O3S. The zero-order valence-electron chi connectivity index (χ0n) is 12.1. The van der Waals surface area contributed by atoms with Crippen molar-refractivity contribution in [1.82, 2.24) is 9.46 Å². The Morgan fingerprint density at radius 2 is 1.95 bits per heavy atom. The third-order valence-electron chi connectivity index (χ3n) is 3.34. The highest BCUT2D eigenvalue weighted by Crippen LogP contribution is 2.23. The summed E-state index contributed by atoms with van der Waals surface area (Å²) in [5.41, 5.74) is 1.35. The van der Waals surface area contributed by atoms with E-state index in [1.54, 1.807) is 32.0 Å². The molecule has 0 amide bonds. The second-order valence-electron chi connectivity index (χ2n) is 4.93. The first-order chi connectivity index (χ1) is 9.79. The molecule has 0 N–H and O–H groups in total. The highest BCUT2D eigenvalue weighted by Gasteiger charge is 2.26. The van der Waals surface area contributed by atoms with Crippen molar-refractivity contribution in [3.05, 3.63) is 53.2 Å². The Kier molecular flexibility index (Phi) is 4.43. The van der Waals surface area contributed by atoms with Gasteiger partial charge in [0.25, 0.3) is 0 Å². The van der Waals surface area contributed by atoms with E-state index in [0.717, 1.165) is 5.56 Å². The van der Waals surface area contributed by atoms with Gasteiger partial charge in [0.2, 0.25) is 10.0 Å². The largest absolute Gasteiger partial charge is 0.360 e. The van der Waals surface area contributed by atoms with Crippen LogP contribution >= 0.6 is 0 Å². The van der Waals surface area contributed by atoms with Gasteiger partial charge in [0.15, 0.2) is 5.76 Å². The highest BCUT2D eigenvalue weighted by atomic mass is 32.2. The molecule has 0 fully saturated rings. The molecule has 5 nitrogen and oxygen atoms in total. The fourth-order valence-electron chi connectivity index (χ4n) is 1.96. The van der Waals surface area contributed by atoms with Gasteiger partial charge in [0, 0.05) is 19.2 Å². The molecule has 1 aromatic heterocycles. The molecule has 1 aromatic carbocycles. The number of nitrogens with zero attached hydrogens (tertiary/aromatic N) is 2. The summed E-state index contributed by atoms with van der Waals surface area (Å²) in [5.74, 6) is -0.310. The Labute approximate surface area is 123 Å². The van der Waals surface area contributed by atoms with Gasteiger partial charge in [0.05, 0.1) is 5.69 Å². The van der Waals surface area contributed by atoms with Crippen LogP contribution in [0.5, 0.6) is 0 Å². The number of rotatable bonds is 5. The monoisotopic (exact) mass is 312 g/mol. The lowest BCUT2D eigenvalue weighted by Gasteiger charge is -2.24. The van der Waals surface area contributed by atoms with Crippen LogP contribution in [0.3, 0.4) is 0 Å². The van der Waals surface area contributed by atoms with Crippen molar-refractivity contribution < 1.29 is 17.3 Å². The first-order valence-corrected chi connectivity index (χ1v) is 8.04. The van der Waals surface area contributed by atoms with Crippen LogP contribution < -0.4 is 0 Å². The van der Waals surface area contributed by atoms with E-state index in [0.29, 0.717) is 11.5 Å². The lowest BCUT2D eigenvalue weighted by molar-refractivity contribution is 0.373. The smallest absolute Gasteiger partial charge is 0.221 e. The highest BCUT2D eigenvalue weighted by molar-refractivity contribution is 7.88. The maximum atomic E-state index is 12.9. The summed E-state index contributed by atoms with van der Waals surface area (Å²) in [6.45, 7) is 3.47. The van der Waals surface area contributed by atoms with Crippen molar-refractivity contribution in [3.63, 3.8) is 0 Å². The van der Waals surface area contributed by atoms with Crippen LogP contribution in [-0.4, -0.2) is 24.9 Å². The van der Waals surface area contributed by atoms with E-state index in [1.807, 2.05) is 0 Å². The topological polar surface area (TPSA) is 63.4 Å². The van der Waals surface area contributed by atoms with E-state index >= 15 is 0 Å². The van der Waals surface area contributed by atoms with E-state index in [2.05, 4.69) is 5.16 Å². The summed E-state index contributed by atoms with van der Waals surface area (Å²) >= 11 is 0. The molecule has 2 aromatic rings. The van der Waals surface area contributed by atoms with Crippen LogP contribution in [0.15, 0.2) is 34.9 Å². The number of aryl methyl sites for hydroxylation is 1. The standard InChI is InChI=1S/C14H17FN2O3S/c1-10-8-14(20-16-10)9-21(18,19)17(3)11(2)12-4-6-13(15)7-5-12/h4-8,11H,9H2,1-3H3/t11-/m0/s1. The van der Waals surface area contributed by atoms with Crippen molar-refractivity contribution in [3.8, 4) is 0 Å². The van der Waals surface area contributed by atoms with Gasteiger partial charge in [-0.2, -0.15) is 4.31 Å². The van der Waals surface area contributed by atoms with Gasteiger partial charge in [-0.25, -0.2) is 12.8 Å². The molecule has 0 radical (unpaired) electrons. The molecule has 0 aliphatic carbocycles. The Morgan fingerprint density at radius 1 is 1.33 bits per heavy atom. The summed E-state index contributed by atoms with van der Waals surface area (Å²) in [5, 5.41) is 3.67. The van der Waals surface area contributed by atoms with Crippen molar-refractivity contribution in [2.75, 3.05) is 7.05 Å². The van der Waals surface area contributed by atoms with Gasteiger partial charge < -0.3 is 4.52 Å². The Hall–Kier alpha value is -1.73. The van der Waals surface area contributed by atoms with Gasteiger partial charge in [-0.1, -0.05) is 17.3 Å². The predicted octanol–water partition coefficient (Wildman–Crippen LogP) is 2.64. The molecule has 0 aliphatic rings. The van der Waals surface area contributed by atoms with Gasteiger partial charge in [0.1, 0.15) is 11.6 Å². The number of hydrogen-bond donors (Lipinski definition) is 0. The van der Waals surface area contributed by atoms with E-state index < -0.39 is 16.1 Å². The minimum Gasteiger partial charge on any atom is -0.360 e. The first kappa shape index (κ1) is 15.7. The number of aromatic nitrogens is 1. The van der Waals surface area contributed by atoms with Gasteiger partial charge in [-0.3, -0.25) is 0 Å². The zero-order valence-corrected chi connectivity index (χ0v) is 12.9. The molecule has 7 heteroatoms. The van der Waals surface area contributed by atoms with Crippen molar-refractivity contribution >= 4 is 10.0 Å². The van der Waals surface area contributed by atoms with Crippen LogP contribution in [0, 0.1) is 12.7 Å². The Balaban J connectivity index is 2.17. The van der Waals surface area contributed by atoms with E-state index in [9.17, 15) is 12.8 Å². The lowest BCUT2D eigenvalue weighted by atomic mass is 10.1. The minimum absolute atomic E-state index is 0.254. The van der Waals surface area contributed by atoms with Crippen molar-refractivity contribution in [2.45, 2.75) is 25.6 Å². The predicted molar refractivity (Wildman–Crippen MR) is 76.4 cm³/mol. The van der Waals surface area contributed by atoms with Crippen molar-refractivity contribution in [2.24, 2.45) is 0 Å². The fraction of sp³-hybridized carbons (Fsp3) is 0.357. The molecule has 0 spiro atoms. The second kappa shape index (κ2) is 5.95. The van der Waals surface area contributed by atoms with Crippen LogP contribution in [0.2, 0.25) is 0 Å². The number of halogens is 1. The molecule has 2 rings (SSSR count). The second-order valence-corrected chi connectivity index (χ2v) is 6.96. The quantitative estimate of drug-likeness (QED) is 0.851. The third-order valence-corrected chi connectivity index (χ3v) is 5.18. The molecule has 0 saturated carbocycles. The summed E-state index contributed by atoms with van der Waals surface area (Å²) in [4.78, 5) is 0. The summed E-state index contributed by atoms with van der Waals surface area (Å²) in [6, 6.07) is 6.96. The minimum atomic E-state index is -3.55. The van der Waals surface area contributed by atoms with E-state index in [1.165, 1.54) is 23.5 Å². The van der Waals surface area contributed by atoms with Crippen LogP contribution in [0.1, 0.15) is 30.0 Å². The summed E-state index contributed by atoms with van der Waals surface area (Å²) in [6.07, 6.45) is 0. The number of benzene rings is 1. The van der Waals surface area contributed by atoms with Gasteiger partial charge in [-0.15, -0.1) is 0 Å². The average molecular weight is 312 g/mol. The van der Waals surface area contributed by atoms with Crippen LogP contribution in [-0.2, 0) is 15.8 Å². The van der Waals surface area contributed by atoms with Crippen LogP contribution in [0.25, 0.3) is 0 Å². The molecule has 0 bridgehead atoms. The zero-order chi connectivity index (χ0) is 15.6. The number of hydrogen-bond acceptors (Lipinski definition) is 4. The van der Waals surface area contributed by atoms with E-state index in [-0.39, 0.29) is 11.6 Å². The molecule has 0 unspecified atom stereocenters.